The van der Waals surface area contributed by atoms with Gasteiger partial charge in [-0.15, -0.1) is 0 Å². The molecule has 0 aromatic heterocycles. The van der Waals surface area contributed by atoms with Crippen LogP contribution in [-0.2, 0) is 34.9 Å². The average molecular weight is 186 g/mol. The topological polar surface area (TPSA) is 68.3 Å². The summed E-state index contributed by atoms with van der Waals surface area (Å²) in [5.41, 5.74) is 0. The summed E-state index contributed by atoms with van der Waals surface area (Å²) in [6.45, 7) is 18.0. The van der Waals surface area contributed by atoms with E-state index in [1.165, 1.54) is 0 Å². The zero-order valence-corrected chi connectivity index (χ0v) is 6.01. The van der Waals surface area contributed by atoms with E-state index in [1.54, 1.807) is 5.86 Å². The molecule has 0 saturated heterocycles. The Morgan fingerprint density at radius 2 is 0.600 bits per heavy atom. The Bertz CT molecular complexity index is 21.6. The van der Waals surface area contributed by atoms with Crippen LogP contribution in [0, 0.1) is 0 Å². The third-order valence-electron chi connectivity index (χ3n) is 0. The molecule has 0 unspecified atom stereocenters. The van der Waals surface area contributed by atoms with E-state index in [2.05, 4.69) is 42.9 Å². The molecule has 0 spiro atoms. The second kappa shape index (κ2) is 639. The van der Waals surface area contributed by atoms with E-state index >= 15 is 0 Å². The summed E-state index contributed by atoms with van der Waals surface area (Å²) in [5, 5.41) is 0. The molecular formula is C5H3CoO4. The minimum absolute atomic E-state index is 1.69. The molecule has 5 heteroatoms. The van der Waals surface area contributed by atoms with E-state index in [4.69, 9.17) is 19.2 Å². The van der Waals surface area contributed by atoms with Gasteiger partial charge in [-0.3, -0.25) is 19.2 Å². The summed E-state index contributed by atoms with van der Waals surface area (Å²) < 4.78 is 0. The van der Waals surface area contributed by atoms with E-state index in [0.717, 1.165) is 0 Å². The Morgan fingerprint density at radius 1 is 0.600 bits per heavy atom. The van der Waals surface area contributed by atoms with Gasteiger partial charge in [0.05, 0.1) is 0 Å². The van der Waals surface area contributed by atoms with Gasteiger partial charge < -0.3 is 0 Å². The maximum absolute atomic E-state index is 7.50. The average Bonchev–Trinajstić information content (AvgIpc) is 2.20. The fraction of sp³-hybridized carbons (Fsp3) is 0.200. The van der Waals surface area contributed by atoms with Crippen molar-refractivity contribution in [3.63, 3.8) is 0 Å². The zero-order valence-electron chi connectivity index (χ0n) is 4.97. The van der Waals surface area contributed by atoms with E-state index in [9.17, 15) is 0 Å². The molecular weight excluding hydrogens is 183 g/mol. The van der Waals surface area contributed by atoms with Crippen molar-refractivity contribution in [2.75, 3.05) is 0 Å². The van der Waals surface area contributed by atoms with Gasteiger partial charge in [0.2, 0.25) is 0 Å². The molecule has 0 rings (SSSR count). The summed E-state index contributed by atoms with van der Waals surface area (Å²) in [6, 6.07) is 0. The molecule has 0 bridgehead atoms. The Balaban J connectivity index is -0.0000000104. The normalized spacial score (nSPS) is 2.30. The second-order valence-electron chi connectivity index (χ2n) is 0. The summed E-state index contributed by atoms with van der Waals surface area (Å²) in [4.78, 5) is 30.0. The number of rotatable bonds is 0. The molecule has 4 nitrogen and oxygen atoms in total. The SMILES string of the molecule is [CH3][Co].[C]=O.[C]=O.[C]=O.[C]=O. The van der Waals surface area contributed by atoms with Crippen molar-refractivity contribution < 1.29 is 34.9 Å². The predicted octanol–water partition coefficient (Wildman–Crippen LogP) is -1.01. The first kappa shape index (κ1) is 35.1. The molecule has 0 fully saturated rings. The summed E-state index contributed by atoms with van der Waals surface area (Å²) in [5.74, 6) is 1.69. The quantitative estimate of drug-likeness (QED) is 0.486. The summed E-state index contributed by atoms with van der Waals surface area (Å²) in [6.07, 6.45) is 0. The Morgan fingerprint density at radius 3 is 0.600 bits per heavy atom. The monoisotopic (exact) mass is 186 g/mol. The maximum Gasteiger partial charge on any atom is 0.281 e. The van der Waals surface area contributed by atoms with E-state index < -0.39 is 0 Å². The van der Waals surface area contributed by atoms with Crippen LogP contribution in [0.1, 0.15) is 0 Å². The number of hydrogen-bond acceptors (Lipinski definition) is 4. The van der Waals surface area contributed by atoms with Crippen LogP contribution < -0.4 is 0 Å². The van der Waals surface area contributed by atoms with Gasteiger partial charge >= 0.3 is 21.6 Å². The largest absolute Gasteiger partial charge is 0.281 e. The van der Waals surface area contributed by atoms with Crippen LogP contribution in [0.4, 0.5) is 0 Å². The van der Waals surface area contributed by atoms with Crippen LogP contribution in [0.2, 0.25) is 5.86 Å². The van der Waals surface area contributed by atoms with E-state index in [-0.39, 0.29) is 0 Å². The standard InChI is InChI=1S/4CO.CH3.Co/c4*1-2;;/h;;;;1H3;. The van der Waals surface area contributed by atoms with Gasteiger partial charge in [0, 0.05) is 0 Å². The molecule has 0 N–H and O–H groups in total. The summed E-state index contributed by atoms with van der Waals surface area (Å²) in [7, 11) is 0. The zero-order chi connectivity index (χ0) is 10.0. The summed E-state index contributed by atoms with van der Waals surface area (Å²) >= 11 is 3.56. The first-order chi connectivity index (χ1) is 5.00. The van der Waals surface area contributed by atoms with Crippen LogP contribution in [0.3, 0.4) is 0 Å². The molecule has 0 aliphatic rings. The molecule has 0 amide bonds. The van der Waals surface area contributed by atoms with Gasteiger partial charge in [0.25, 0.3) is 27.2 Å². The first-order valence-electron chi connectivity index (χ1n) is 1.15. The Labute approximate surface area is 68.6 Å². The van der Waals surface area contributed by atoms with Crippen molar-refractivity contribution in [1.29, 1.82) is 0 Å². The second-order valence-corrected chi connectivity index (χ2v) is 0. The fourth-order valence-corrected chi connectivity index (χ4v) is 0. The van der Waals surface area contributed by atoms with Gasteiger partial charge in [-0.1, -0.05) is 0 Å². The fourth-order valence-electron chi connectivity index (χ4n) is 0. The smallest absolute Gasteiger partial charge is 0.281 e. The van der Waals surface area contributed by atoms with Crippen LogP contribution in [0.5, 0.6) is 0 Å². The van der Waals surface area contributed by atoms with Crippen LogP contribution >= 0.6 is 0 Å². The van der Waals surface area contributed by atoms with Crippen molar-refractivity contribution in [2.24, 2.45) is 0 Å². The third-order valence-corrected chi connectivity index (χ3v) is 0. The van der Waals surface area contributed by atoms with Crippen molar-refractivity contribution in [1.82, 2.24) is 0 Å². The molecule has 0 heterocycles. The molecule has 0 saturated carbocycles. The Hall–Kier alpha value is -0.814. The molecule has 0 aliphatic heterocycles. The maximum atomic E-state index is 7.50. The van der Waals surface area contributed by atoms with Gasteiger partial charge in [-0.2, -0.15) is 0 Å². The van der Waals surface area contributed by atoms with E-state index in [0.29, 0.717) is 0 Å². The van der Waals surface area contributed by atoms with Crippen molar-refractivity contribution in [2.45, 2.75) is 5.86 Å². The molecule has 56 valence electrons. The predicted molar refractivity (Wildman–Crippen MR) is 28.6 cm³/mol. The van der Waals surface area contributed by atoms with E-state index in [1.807, 2.05) is 0 Å². The minimum atomic E-state index is 1.69. The molecule has 0 aliphatic carbocycles. The third kappa shape index (κ3) is 416. The van der Waals surface area contributed by atoms with Crippen molar-refractivity contribution in [3.05, 3.63) is 0 Å². The van der Waals surface area contributed by atoms with Gasteiger partial charge in [0.1, 0.15) is 0 Å². The van der Waals surface area contributed by atoms with Crippen LogP contribution in [0.25, 0.3) is 0 Å². The minimum Gasteiger partial charge on any atom is -0.281 e. The molecule has 10 heavy (non-hydrogen) atoms. The van der Waals surface area contributed by atoms with Crippen molar-refractivity contribution >= 4 is 27.2 Å². The Kier molecular flexibility index (Phi) is 2240. The molecule has 0 atom stereocenters. The van der Waals surface area contributed by atoms with Crippen LogP contribution in [-0.4, -0.2) is 27.2 Å². The number of hydrogen-bond donors (Lipinski definition) is 0. The van der Waals surface area contributed by atoms with Crippen molar-refractivity contribution in [3.8, 4) is 0 Å². The molecule has 8 radical (unpaired) electrons. The molecule has 0 aromatic rings. The van der Waals surface area contributed by atoms with Gasteiger partial charge in [-0.25, -0.2) is 0 Å². The first-order valence-corrected chi connectivity index (χ1v) is 2.19. The molecule has 0 aromatic carbocycles. The van der Waals surface area contributed by atoms with Gasteiger partial charge in [-0.05, 0) is 0 Å². The van der Waals surface area contributed by atoms with Gasteiger partial charge in [0.15, 0.2) is 0 Å². The van der Waals surface area contributed by atoms with Crippen LogP contribution in [0.15, 0.2) is 0 Å². The number of carbonyl (C=O) groups excluding carboxylic acids is 4.